The van der Waals surface area contributed by atoms with E-state index in [1.807, 2.05) is 0 Å². The summed E-state index contributed by atoms with van der Waals surface area (Å²) in [4.78, 5) is 0. The van der Waals surface area contributed by atoms with Gasteiger partial charge in [-0.1, -0.05) is 6.92 Å². The number of hydrogen-bond donors (Lipinski definition) is 1. The predicted molar refractivity (Wildman–Crippen MR) is 73.0 cm³/mol. The minimum Gasteiger partial charge on any atom is -0.382 e. The summed E-state index contributed by atoms with van der Waals surface area (Å²) < 4.78 is 16.0. The van der Waals surface area contributed by atoms with Gasteiger partial charge in [0.05, 0.1) is 19.3 Å². The third-order valence-electron chi connectivity index (χ3n) is 3.40. The zero-order valence-corrected chi connectivity index (χ0v) is 12.0. The Bertz CT molecular complexity index is 190. The van der Waals surface area contributed by atoms with Crippen LogP contribution >= 0.6 is 0 Å². The molecule has 1 rings (SSSR count). The molecule has 0 aromatic heterocycles. The first kappa shape index (κ1) is 15.9. The minimum absolute atomic E-state index is 0.466. The highest BCUT2D eigenvalue weighted by molar-refractivity contribution is 4.75. The molecular formula is C14H29NO3. The fraction of sp³-hybridized carbons (Fsp3) is 1.00. The number of unbranched alkanes of at least 4 members (excludes halogenated alkanes) is 1. The van der Waals surface area contributed by atoms with Crippen LogP contribution in [0.25, 0.3) is 0 Å². The van der Waals surface area contributed by atoms with Gasteiger partial charge in [-0.2, -0.15) is 0 Å². The molecular weight excluding hydrogens is 230 g/mol. The van der Waals surface area contributed by atoms with Crippen molar-refractivity contribution in [2.75, 3.05) is 40.1 Å². The lowest BCUT2D eigenvalue weighted by molar-refractivity contribution is -0.000131. The molecule has 2 unspecified atom stereocenters. The van der Waals surface area contributed by atoms with Crippen LogP contribution in [0.4, 0.5) is 0 Å². The zero-order chi connectivity index (χ0) is 13.1. The molecule has 0 aromatic carbocycles. The normalized spacial score (nSPS) is 24.3. The van der Waals surface area contributed by atoms with Crippen molar-refractivity contribution in [2.24, 2.45) is 0 Å². The average molecular weight is 259 g/mol. The van der Waals surface area contributed by atoms with Crippen LogP contribution < -0.4 is 5.32 Å². The van der Waals surface area contributed by atoms with E-state index in [1.54, 1.807) is 7.11 Å². The topological polar surface area (TPSA) is 39.7 Å². The highest BCUT2D eigenvalue weighted by atomic mass is 16.5. The first-order valence-electron chi connectivity index (χ1n) is 7.28. The molecule has 1 heterocycles. The van der Waals surface area contributed by atoms with Gasteiger partial charge in [-0.15, -0.1) is 0 Å². The molecule has 4 nitrogen and oxygen atoms in total. The van der Waals surface area contributed by atoms with Crippen molar-refractivity contribution in [1.29, 1.82) is 0 Å². The second-order valence-electron chi connectivity index (χ2n) is 4.89. The Balaban J connectivity index is 1.88. The van der Waals surface area contributed by atoms with Gasteiger partial charge in [-0.05, 0) is 38.6 Å². The lowest BCUT2D eigenvalue weighted by Gasteiger charge is -2.29. The SMILES string of the molecule is CCC1CC(NCCCCOCCOC)CCO1. The Morgan fingerprint density at radius 3 is 2.89 bits per heavy atom. The van der Waals surface area contributed by atoms with Crippen molar-refractivity contribution in [2.45, 2.75) is 51.2 Å². The molecule has 0 saturated carbocycles. The number of methoxy groups -OCH3 is 1. The summed E-state index contributed by atoms with van der Waals surface area (Å²) in [5.74, 6) is 0. The third kappa shape index (κ3) is 7.31. The summed E-state index contributed by atoms with van der Waals surface area (Å²) in [6, 6.07) is 0.651. The van der Waals surface area contributed by atoms with E-state index in [0.29, 0.717) is 25.4 Å². The minimum atomic E-state index is 0.466. The Morgan fingerprint density at radius 2 is 2.11 bits per heavy atom. The smallest absolute Gasteiger partial charge is 0.0700 e. The van der Waals surface area contributed by atoms with Gasteiger partial charge < -0.3 is 19.5 Å². The maximum atomic E-state index is 5.67. The van der Waals surface area contributed by atoms with Crippen LogP contribution in [0.5, 0.6) is 0 Å². The van der Waals surface area contributed by atoms with Gasteiger partial charge >= 0.3 is 0 Å². The predicted octanol–water partition coefficient (Wildman–Crippen LogP) is 1.98. The standard InChI is InChI=1S/C14H29NO3/c1-3-14-12-13(6-9-18-14)15-7-4-5-8-17-11-10-16-2/h13-15H,3-12H2,1-2H3. The molecule has 0 aromatic rings. The van der Waals surface area contributed by atoms with E-state index in [1.165, 1.54) is 12.8 Å². The van der Waals surface area contributed by atoms with Crippen LogP contribution in [0.2, 0.25) is 0 Å². The molecule has 1 fully saturated rings. The monoisotopic (exact) mass is 259 g/mol. The molecule has 108 valence electrons. The number of ether oxygens (including phenoxy) is 3. The van der Waals surface area contributed by atoms with Gasteiger partial charge in [-0.25, -0.2) is 0 Å². The third-order valence-corrected chi connectivity index (χ3v) is 3.40. The van der Waals surface area contributed by atoms with Crippen LogP contribution in [0.15, 0.2) is 0 Å². The molecule has 0 spiro atoms. The highest BCUT2D eigenvalue weighted by Gasteiger charge is 2.20. The molecule has 1 aliphatic rings. The van der Waals surface area contributed by atoms with Gasteiger partial charge in [0.15, 0.2) is 0 Å². The van der Waals surface area contributed by atoms with E-state index < -0.39 is 0 Å². The lowest BCUT2D eigenvalue weighted by Crippen LogP contribution is -2.39. The summed E-state index contributed by atoms with van der Waals surface area (Å²) in [6.45, 7) is 6.45. The Morgan fingerprint density at radius 1 is 1.22 bits per heavy atom. The second-order valence-corrected chi connectivity index (χ2v) is 4.89. The zero-order valence-electron chi connectivity index (χ0n) is 12.0. The molecule has 2 atom stereocenters. The van der Waals surface area contributed by atoms with Gasteiger partial charge in [0.2, 0.25) is 0 Å². The van der Waals surface area contributed by atoms with E-state index in [4.69, 9.17) is 14.2 Å². The summed E-state index contributed by atoms with van der Waals surface area (Å²) in [5, 5.41) is 3.63. The first-order valence-corrected chi connectivity index (χ1v) is 7.28. The van der Waals surface area contributed by atoms with Crippen LogP contribution in [0.3, 0.4) is 0 Å². The maximum Gasteiger partial charge on any atom is 0.0700 e. The van der Waals surface area contributed by atoms with E-state index in [9.17, 15) is 0 Å². The van der Waals surface area contributed by atoms with Gasteiger partial charge in [0.25, 0.3) is 0 Å². The second kappa shape index (κ2) is 10.7. The van der Waals surface area contributed by atoms with Crippen LogP contribution in [0.1, 0.15) is 39.0 Å². The van der Waals surface area contributed by atoms with Crippen molar-refractivity contribution in [3.8, 4) is 0 Å². The summed E-state index contributed by atoms with van der Waals surface area (Å²) in [6.07, 6.45) is 6.22. The number of hydrogen-bond acceptors (Lipinski definition) is 4. The number of rotatable bonds is 10. The highest BCUT2D eigenvalue weighted by Crippen LogP contribution is 2.16. The Kier molecular flexibility index (Phi) is 9.48. The molecule has 0 amide bonds. The van der Waals surface area contributed by atoms with E-state index >= 15 is 0 Å². The summed E-state index contributed by atoms with van der Waals surface area (Å²) in [5.41, 5.74) is 0. The Labute approximate surface area is 111 Å². The van der Waals surface area contributed by atoms with Crippen molar-refractivity contribution >= 4 is 0 Å². The van der Waals surface area contributed by atoms with Gasteiger partial charge in [-0.3, -0.25) is 0 Å². The Hall–Kier alpha value is -0.160. The summed E-state index contributed by atoms with van der Waals surface area (Å²) in [7, 11) is 1.70. The van der Waals surface area contributed by atoms with E-state index in [2.05, 4.69) is 12.2 Å². The molecule has 0 aliphatic carbocycles. The van der Waals surface area contributed by atoms with Crippen molar-refractivity contribution in [3.63, 3.8) is 0 Å². The largest absolute Gasteiger partial charge is 0.382 e. The molecule has 1 aliphatic heterocycles. The first-order chi connectivity index (χ1) is 8.86. The molecule has 1 N–H and O–H groups in total. The van der Waals surface area contributed by atoms with Crippen molar-refractivity contribution < 1.29 is 14.2 Å². The van der Waals surface area contributed by atoms with Crippen molar-refractivity contribution in [3.05, 3.63) is 0 Å². The molecule has 4 heteroatoms. The maximum absolute atomic E-state index is 5.67. The number of nitrogens with one attached hydrogen (secondary N) is 1. The van der Waals surface area contributed by atoms with E-state index in [0.717, 1.165) is 39.0 Å². The van der Waals surface area contributed by atoms with Gasteiger partial charge in [0.1, 0.15) is 0 Å². The lowest BCUT2D eigenvalue weighted by atomic mass is 10.0. The van der Waals surface area contributed by atoms with Crippen molar-refractivity contribution in [1.82, 2.24) is 5.32 Å². The molecule has 0 radical (unpaired) electrons. The fourth-order valence-corrected chi connectivity index (χ4v) is 2.23. The molecule has 18 heavy (non-hydrogen) atoms. The fourth-order valence-electron chi connectivity index (χ4n) is 2.23. The van der Waals surface area contributed by atoms with Crippen LogP contribution in [-0.2, 0) is 14.2 Å². The van der Waals surface area contributed by atoms with Crippen LogP contribution in [-0.4, -0.2) is 52.2 Å². The average Bonchev–Trinajstić information content (AvgIpc) is 2.42. The summed E-state index contributed by atoms with van der Waals surface area (Å²) >= 11 is 0. The van der Waals surface area contributed by atoms with Gasteiger partial charge in [0, 0.05) is 26.4 Å². The molecule has 0 bridgehead atoms. The van der Waals surface area contributed by atoms with E-state index in [-0.39, 0.29) is 0 Å². The van der Waals surface area contributed by atoms with Crippen LogP contribution in [0, 0.1) is 0 Å². The quantitative estimate of drug-likeness (QED) is 0.609. The molecule has 1 saturated heterocycles.